The van der Waals surface area contributed by atoms with Crippen molar-refractivity contribution in [1.29, 1.82) is 0 Å². The van der Waals surface area contributed by atoms with Crippen LogP contribution in [0.4, 0.5) is 10.8 Å². The number of benzene rings is 3. The molecule has 0 bridgehead atoms. The summed E-state index contributed by atoms with van der Waals surface area (Å²) in [6.45, 7) is 4.59. The van der Waals surface area contributed by atoms with Crippen LogP contribution in [0.5, 0.6) is 11.5 Å². The molecule has 5 rings (SSSR count). The Morgan fingerprint density at radius 2 is 1.78 bits per heavy atom. The van der Waals surface area contributed by atoms with Crippen LogP contribution in [0, 0.1) is 10.1 Å². The molecule has 0 aliphatic carbocycles. The minimum absolute atomic E-state index is 0.0822. The molecule has 0 spiro atoms. The zero-order valence-electron chi connectivity index (χ0n) is 19.5. The molecule has 2 heterocycles. The summed E-state index contributed by atoms with van der Waals surface area (Å²) in [6, 6.07) is 21.4. The van der Waals surface area contributed by atoms with Gasteiger partial charge in [0.2, 0.25) is 0 Å². The number of nitrogens with zero attached hydrogens (tertiary/aromatic N) is 4. The van der Waals surface area contributed by atoms with Crippen LogP contribution in [0.1, 0.15) is 10.4 Å². The molecular formula is C26H25N5O4S. The number of non-ortho nitro benzene ring substituents is 1. The molecule has 0 saturated carbocycles. The number of nitro groups is 1. The molecule has 0 atom stereocenters. The maximum atomic E-state index is 12.8. The lowest BCUT2D eigenvalue weighted by atomic mass is 10.2. The van der Waals surface area contributed by atoms with Crippen molar-refractivity contribution in [2.24, 2.45) is 0 Å². The Kier molecular flexibility index (Phi) is 7.06. The van der Waals surface area contributed by atoms with Crippen molar-refractivity contribution in [2.75, 3.05) is 44.2 Å². The van der Waals surface area contributed by atoms with Crippen molar-refractivity contribution < 1.29 is 14.5 Å². The highest BCUT2D eigenvalue weighted by Gasteiger charge is 2.21. The summed E-state index contributed by atoms with van der Waals surface area (Å²) in [6.07, 6.45) is 0. The second-order valence-electron chi connectivity index (χ2n) is 8.40. The molecule has 1 N–H and O–H groups in total. The Morgan fingerprint density at radius 1 is 1.03 bits per heavy atom. The minimum atomic E-state index is -0.384. The Bertz CT molecular complexity index is 1370. The number of para-hydroxylation sites is 2. The monoisotopic (exact) mass is 503 g/mol. The van der Waals surface area contributed by atoms with Gasteiger partial charge in [0.1, 0.15) is 11.5 Å². The van der Waals surface area contributed by atoms with E-state index in [0.29, 0.717) is 23.6 Å². The van der Waals surface area contributed by atoms with E-state index < -0.39 is 0 Å². The van der Waals surface area contributed by atoms with Gasteiger partial charge in [0, 0.05) is 51.4 Å². The third-order valence-electron chi connectivity index (χ3n) is 6.03. The zero-order valence-corrected chi connectivity index (χ0v) is 20.3. The average Bonchev–Trinajstić information content (AvgIpc) is 3.33. The standard InChI is InChI=1S/C26H25N5O4S/c32-25(21-8-4-5-9-23(21)35-20-6-2-1-3-7-20)27-12-13-29-14-16-30(17-15-29)26-28-22-11-10-19(31(33)34)18-24(22)36-26/h1-11,18H,12-17H2,(H,27,32). The lowest BCUT2D eigenvalue weighted by Gasteiger charge is -2.34. The number of carbonyl (C=O) groups is 1. The number of hydrogen-bond acceptors (Lipinski definition) is 8. The van der Waals surface area contributed by atoms with Gasteiger partial charge in [-0.25, -0.2) is 4.98 Å². The largest absolute Gasteiger partial charge is 0.457 e. The number of thiazole rings is 1. The van der Waals surface area contributed by atoms with Crippen molar-refractivity contribution in [3.05, 3.63) is 88.5 Å². The molecule has 3 aromatic carbocycles. The molecule has 1 aromatic heterocycles. The molecule has 0 unspecified atom stereocenters. The maximum absolute atomic E-state index is 12.8. The number of rotatable bonds is 8. The van der Waals surface area contributed by atoms with E-state index in [1.165, 1.54) is 17.4 Å². The summed E-state index contributed by atoms with van der Waals surface area (Å²) in [5, 5.41) is 14.9. The molecule has 1 amide bonds. The average molecular weight is 504 g/mol. The van der Waals surface area contributed by atoms with Gasteiger partial charge in [-0.05, 0) is 30.3 Å². The van der Waals surface area contributed by atoms with Gasteiger partial charge in [-0.2, -0.15) is 0 Å². The smallest absolute Gasteiger partial charge is 0.270 e. The fourth-order valence-corrected chi connectivity index (χ4v) is 5.14. The Hall–Kier alpha value is -4.02. The van der Waals surface area contributed by atoms with E-state index in [0.717, 1.165) is 48.1 Å². The topological polar surface area (TPSA) is 101 Å². The number of carbonyl (C=O) groups excluding carboxylic acids is 1. The van der Waals surface area contributed by atoms with Crippen LogP contribution in [0.25, 0.3) is 10.2 Å². The van der Waals surface area contributed by atoms with E-state index in [2.05, 4.69) is 20.1 Å². The van der Waals surface area contributed by atoms with Crippen LogP contribution < -0.4 is 15.0 Å². The Balaban J connectivity index is 1.12. The number of ether oxygens (including phenoxy) is 1. The van der Waals surface area contributed by atoms with Gasteiger partial charge in [-0.3, -0.25) is 19.8 Å². The minimum Gasteiger partial charge on any atom is -0.457 e. The first-order valence-corrected chi connectivity index (χ1v) is 12.5. The van der Waals surface area contributed by atoms with Gasteiger partial charge in [-0.1, -0.05) is 41.7 Å². The normalized spacial score (nSPS) is 14.1. The summed E-state index contributed by atoms with van der Waals surface area (Å²) in [5.41, 5.74) is 1.36. The number of nitrogens with one attached hydrogen (secondary N) is 1. The number of piperazine rings is 1. The van der Waals surface area contributed by atoms with Crippen LogP contribution >= 0.6 is 11.3 Å². The number of amides is 1. The van der Waals surface area contributed by atoms with E-state index in [1.807, 2.05) is 42.5 Å². The van der Waals surface area contributed by atoms with Crippen LogP contribution in [0.3, 0.4) is 0 Å². The third kappa shape index (κ3) is 5.45. The van der Waals surface area contributed by atoms with Crippen LogP contribution in [-0.4, -0.2) is 60.0 Å². The van der Waals surface area contributed by atoms with E-state index in [9.17, 15) is 14.9 Å². The number of hydrogen-bond donors (Lipinski definition) is 1. The van der Waals surface area contributed by atoms with E-state index >= 15 is 0 Å². The van der Waals surface area contributed by atoms with Crippen molar-refractivity contribution in [2.45, 2.75) is 0 Å². The van der Waals surface area contributed by atoms with E-state index in [-0.39, 0.29) is 16.5 Å². The predicted molar refractivity (Wildman–Crippen MR) is 140 cm³/mol. The van der Waals surface area contributed by atoms with Gasteiger partial charge in [-0.15, -0.1) is 0 Å². The molecule has 1 aliphatic heterocycles. The van der Waals surface area contributed by atoms with Crippen LogP contribution in [-0.2, 0) is 0 Å². The second kappa shape index (κ2) is 10.7. The fraction of sp³-hybridized carbons (Fsp3) is 0.231. The van der Waals surface area contributed by atoms with Crippen molar-refractivity contribution in [3.8, 4) is 11.5 Å². The van der Waals surface area contributed by atoms with E-state index in [1.54, 1.807) is 24.3 Å². The molecule has 1 fully saturated rings. The van der Waals surface area contributed by atoms with Crippen molar-refractivity contribution in [1.82, 2.24) is 15.2 Å². The van der Waals surface area contributed by atoms with Crippen molar-refractivity contribution >= 4 is 38.3 Å². The van der Waals surface area contributed by atoms with Crippen LogP contribution in [0.15, 0.2) is 72.8 Å². The first kappa shape index (κ1) is 23.7. The van der Waals surface area contributed by atoms with Gasteiger partial charge >= 0.3 is 0 Å². The third-order valence-corrected chi connectivity index (χ3v) is 7.11. The lowest BCUT2D eigenvalue weighted by Crippen LogP contribution is -2.48. The molecule has 1 saturated heterocycles. The molecule has 36 heavy (non-hydrogen) atoms. The molecule has 1 aliphatic rings. The number of anilines is 1. The maximum Gasteiger partial charge on any atom is 0.270 e. The van der Waals surface area contributed by atoms with Gasteiger partial charge < -0.3 is 15.0 Å². The summed E-state index contributed by atoms with van der Waals surface area (Å²) < 4.78 is 6.73. The second-order valence-corrected chi connectivity index (χ2v) is 9.41. The number of aromatic nitrogens is 1. The van der Waals surface area contributed by atoms with Gasteiger partial charge in [0.15, 0.2) is 5.13 Å². The SMILES string of the molecule is O=C(NCCN1CCN(c2nc3ccc([N+](=O)[O-])cc3s2)CC1)c1ccccc1Oc1ccccc1. The summed E-state index contributed by atoms with van der Waals surface area (Å²) in [7, 11) is 0. The lowest BCUT2D eigenvalue weighted by molar-refractivity contribution is -0.384. The molecule has 9 nitrogen and oxygen atoms in total. The molecule has 184 valence electrons. The van der Waals surface area contributed by atoms with Gasteiger partial charge in [0.05, 0.1) is 20.7 Å². The summed E-state index contributed by atoms with van der Waals surface area (Å²) in [5.74, 6) is 1.04. The molecule has 10 heteroatoms. The van der Waals surface area contributed by atoms with E-state index in [4.69, 9.17) is 4.74 Å². The quantitative estimate of drug-likeness (QED) is 0.278. The number of nitro benzene ring substituents is 1. The zero-order chi connectivity index (χ0) is 24.9. The summed E-state index contributed by atoms with van der Waals surface area (Å²) >= 11 is 1.48. The Morgan fingerprint density at radius 3 is 2.56 bits per heavy atom. The number of fused-ring (bicyclic) bond motifs is 1. The molecular weight excluding hydrogens is 478 g/mol. The summed E-state index contributed by atoms with van der Waals surface area (Å²) in [4.78, 5) is 32.6. The van der Waals surface area contributed by atoms with Gasteiger partial charge in [0.25, 0.3) is 11.6 Å². The molecule has 0 radical (unpaired) electrons. The highest BCUT2D eigenvalue weighted by Crippen LogP contribution is 2.32. The fourth-order valence-electron chi connectivity index (χ4n) is 4.09. The first-order chi connectivity index (χ1) is 17.6. The Labute approximate surface area is 212 Å². The highest BCUT2D eigenvalue weighted by atomic mass is 32.1. The van der Waals surface area contributed by atoms with Crippen molar-refractivity contribution in [3.63, 3.8) is 0 Å². The molecule has 4 aromatic rings. The predicted octanol–water partition coefficient (Wildman–Crippen LogP) is 4.55. The first-order valence-electron chi connectivity index (χ1n) is 11.7. The van der Waals surface area contributed by atoms with Crippen LogP contribution in [0.2, 0.25) is 0 Å². The highest BCUT2D eigenvalue weighted by molar-refractivity contribution is 7.22.